The first-order valence-electron chi connectivity index (χ1n) is 6.29. The Kier molecular flexibility index (Phi) is 5.18. The molecule has 102 valence electrons. The van der Waals surface area contributed by atoms with Gasteiger partial charge in [-0.25, -0.2) is 0 Å². The first-order chi connectivity index (χ1) is 9.33. The Hall–Kier alpha value is -1.59. The predicted octanol–water partition coefficient (Wildman–Crippen LogP) is 2.97. The zero-order chi connectivity index (χ0) is 13.5. The Morgan fingerprint density at radius 1 is 1.32 bits per heavy atom. The van der Waals surface area contributed by atoms with Crippen LogP contribution in [0.1, 0.15) is 23.8 Å². The number of hydrogen-bond donors (Lipinski definition) is 1. The molecule has 0 aliphatic heterocycles. The first-order valence-corrected chi connectivity index (χ1v) is 7.17. The molecule has 0 aliphatic carbocycles. The molecule has 1 aromatic heterocycles. The van der Waals surface area contributed by atoms with Gasteiger partial charge in [-0.15, -0.1) is 11.3 Å². The van der Waals surface area contributed by atoms with Crippen LogP contribution in [0.25, 0.3) is 0 Å². The zero-order valence-electron chi connectivity index (χ0n) is 11.0. The third-order valence-electron chi connectivity index (χ3n) is 2.58. The molecule has 0 saturated heterocycles. The van der Waals surface area contributed by atoms with Crippen molar-refractivity contribution in [3.63, 3.8) is 0 Å². The third kappa shape index (κ3) is 3.94. The smallest absolute Gasteiger partial charge is 0.128 e. The lowest BCUT2D eigenvalue weighted by molar-refractivity contribution is 0.294. The van der Waals surface area contributed by atoms with Gasteiger partial charge in [0.1, 0.15) is 18.1 Å². The summed E-state index contributed by atoms with van der Waals surface area (Å²) in [7, 11) is 0. The number of nitrogens with zero attached hydrogens (tertiary/aromatic N) is 1. The zero-order valence-corrected chi connectivity index (χ0v) is 11.8. The van der Waals surface area contributed by atoms with Crippen molar-refractivity contribution in [1.29, 1.82) is 0 Å². The average Bonchev–Trinajstić information content (AvgIpc) is 2.96. The van der Waals surface area contributed by atoms with Gasteiger partial charge in [-0.2, -0.15) is 0 Å². The van der Waals surface area contributed by atoms with E-state index < -0.39 is 0 Å². The van der Waals surface area contributed by atoms with Gasteiger partial charge < -0.3 is 15.2 Å². The number of hydrogen-bond acceptors (Lipinski definition) is 5. The highest BCUT2D eigenvalue weighted by atomic mass is 32.1. The molecule has 2 N–H and O–H groups in total. The van der Waals surface area contributed by atoms with E-state index in [9.17, 15) is 0 Å². The van der Waals surface area contributed by atoms with Crippen molar-refractivity contribution in [3.8, 4) is 11.5 Å². The quantitative estimate of drug-likeness (QED) is 0.846. The van der Waals surface area contributed by atoms with Crippen molar-refractivity contribution in [2.45, 2.75) is 26.5 Å². The summed E-state index contributed by atoms with van der Waals surface area (Å²) in [5.41, 5.74) is 8.49. The van der Waals surface area contributed by atoms with Gasteiger partial charge in [-0.3, -0.25) is 4.98 Å². The van der Waals surface area contributed by atoms with E-state index in [0.29, 0.717) is 19.8 Å². The van der Waals surface area contributed by atoms with Crippen molar-refractivity contribution in [3.05, 3.63) is 40.3 Å². The summed E-state index contributed by atoms with van der Waals surface area (Å²) in [6, 6.07) is 5.78. The molecule has 4 nitrogen and oxygen atoms in total. The van der Waals surface area contributed by atoms with Crippen LogP contribution in [-0.2, 0) is 13.2 Å². The number of aromatic nitrogens is 1. The summed E-state index contributed by atoms with van der Waals surface area (Å²) in [5, 5.41) is 0. The average molecular weight is 278 g/mol. The van der Waals surface area contributed by atoms with E-state index >= 15 is 0 Å². The minimum absolute atomic E-state index is 0.450. The maximum Gasteiger partial charge on any atom is 0.128 e. The summed E-state index contributed by atoms with van der Waals surface area (Å²) in [6.07, 6.45) is 2.79. The molecule has 0 aliphatic rings. The summed E-state index contributed by atoms with van der Waals surface area (Å²) in [5.74, 6) is 1.60. The van der Waals surface area contributed by atoms with Gasteiger partial charge in [-0.1, -0.05) is 13.0 Å². The van der Waals surface area contributed by atoms with Crippen LogP contribution in [0, 0.1) is 0 Å². The summed E-state index contributed by atoms with van der Waals surface area (Å²) < 4.78 is 11.4. The molecule has 1 heterocycles. The third-order valence-corrected chi connectivity index (χ3v) is 3.34. The van der Waals surface area contributed by atoms with E-state index in [2.05, 4.69) is 11.9 Å². The maximum absolute atomic E-state index is 5.80. The molecule has 19 heavy (non-hydrogen) atoms. The van der Waals surface area contributed by atoms with Gasteiger partial charge in [0.25, 0.3) is 0 Å². The van der Waals surface area contributed by atoms with Gasteiger partial charge in [0.2, 0.25) is 0 Å². The summed E-state index contributed by atoms with van der Waals surface area (Å²) >= 11 is 1.58. The maximum atomic E-state index is 5.80. The van der Waals surface area contributed by atoms with Crippen molar-refractivity contribution in [2.75, 3.05) is 6.61 Å². The lowest BCUT2D eigenvalue weighted by Gasteiger charge is -2.12. The highest BCUT2D eigenvalue weighted by Gasteiger charge is 2.06. The van der Waals surface area contributed by atoms with Gasteiger partial charge in [-0.05, 0) is 12.5 Å². The summed E-state index contributed by atoms with van der Waals surface area (Å²) in [6.45, 7) is 3.74. The van der Waals surface area contributed by atoms with Crippen LogP contribution in [0.5, 0.6) is 11.5 Å². The molecule has 5 heteroatoms. The molecule has 0 unspecified atom stereocenters. The second-order valence-corrected chi connectivity index (χ2v) is 5.05. The fourth-order valence-corrected chi connectivity index (χ4v) is 2.12. The highest BCUT2D eigenvalue weighted by molar-refractivity contribution is 7.09. The van der Waals surface area contributed by atoms with Gasteiger partial charge >= 0.3 is 0 Å². The molecular formula is C14H18N2O2S. The van der Waals surface area contributed by atoms with Gasteiger partial charge in [0.05, 0.1) is 17.0 Å². The van der Waals surface area contributed by atoms with Crippen molar-refractivity contribution in [1.82, 2.24) is 4.98 Å². The molecule has 2 rings (SSSR count). The second kappa shape index (κ2) is 7.11. The Labute approximate surface area is 117 Å². The number of benzene rings is 1. The van der Waals surface area contributed by atoms with E-state index in [0.717, 1.165) is 28.4 Å². The molecule has 0 bridgehead atoms. The van der Waals surface area contributed by atoms with Gasteiger partial charge in [0, 0.05) is 24.4 Å². The number of rotatable bonds is 7. The molecule has 0 amide bonds. The van der Waals surface area contributed by atoms with E-state index in [1.165, 1.54) is 0 Å². The van der Waals surface area contributed by atoms with Crippen LogP contribution in [0.4, 0.5) is 0 Å². The van der Waals surface area contributed by atoms with Gasteiger partial charge in [0.15, 0.2) is 0 Å². The number of nitrogens with two attached hydrogens (primary N) is 1. The molecule has 0 saturated carbocycles. The number of thiazole rings is 1. The van der Waals surface area contributed by atoms with Crippen molar-refractivity contribution < 1.29 is 9.47 Å². The Morgan fingerprint density at radius 3 is 2.89 bits per heavy atom. The fraction of sp³-hybridized carbons (Fsp3) is 0.357. The predicted molar refractivity (Wildman–Crippen MR) is 76.6 cm³/mol. The standard InChI is InChI=1S/C14H18N2O2S/c1-2-5-17-12-4-3-11(7-15)14(6-12)18-9-13-8-16-10-19-13/h3-4,6,8,10H,2,5,7,9,15H2,1H3. The normalized spacial score (nSPS) is 10.4. The first kappa shape index (κ1) is 13.8. The van der Waals surface area contributed by atoms with E-state index in [1.54, 1.807) is 16.8 Å². The fourth-order valence-electron chi connectivity index (χ4n) is 1.61. The second-order valence-electron chi connectivity index (χ2n) is 4.08. The molecule has 2 aromatic rings. The van der Waals surface area contributed by atoms with Crippen LogP contribution in [0.3, 0.4) is 0 Å². The SMILES string of the molecule is CCCOc1ccc(CN)c(OCc2cncs2)c1. The molecule has 0 atom stereocenters. The van der Waals surface area contributed by atoms with Crippen LogP contribution in [0.2, 0.25) is 0 Å². The van der Waals surface area contributed by atoms with Crippen molar-refractivity contribution in [2.24, 2.45) is 5.73 Å². The summed E-state index contributed by atoms with van der Waals surface area (Å²) in [4.78, 5) is 5.11. The highest BCUT2D eigenvalue weighted by Crippen LogP contribution is 2.26. The Morgan fingerprint density at radius 2 is 2.21 bits per heavy atom. The molecule has 0 radical (unpaired) electrons. The molecule has 1 aromatic carbocycles. The Bertz CT molecular complexity index is 500. The number of ether oxygens (including phenoxy) is 2. The Balaban J connectivity index is 2.07. The monoisotopic (exact) mass is 278 g/mol. The van der Waals surface area contributed by atoms with E-state index in [4.69, 9.17) is 15.2 Å². The lowest BCUT2D eigenvalue weighted by atomic mass is 10.2. The van der Waals surface area contributed by atoms with Crippen LogP contribution < -0.4 is 15.2 Å². The van der Waals surface area contributed by atoms with Crippen molar-refractivity contribution >= 4 is 11.3 Å². The molecular weight excluding hydrogens is 260 g/mol. The lowest BCUT2D eigenvalue weighted by Crippen LogP contribution is -2.03. The molecule has 0 spiro atoms. The van der Waals surface area contributed by atoms with Crippen LogP contribution in [-0.4, -0.2) is 11.6 Å². The largest absolute Gasteiger partial charge is 0.493 e. The van der Waals surface area contributed by atoms with Crippen LogP contribution in [0.15, 0.2) is 29.9 Å². The molecule has 0 fully saturated rings. The minimum atomic E-state index is 0.450. The van der Waals surface area contributed by atoms with E-state index in [1.807, 2.05) is 24.4 Å². The topological polar surface area (TPSA) is 57.4 Å². The van der Waals surface area contributed by atoms with Crippen LogP contribution >= 0.6 is 11.3 Å². The minimum Gasteiger partial charge on any atom is -0.493 e. The van der Waals surface area contributed by atoms with E-state index in [-0.39, 0.29) is 0 Å².